The molecular weight excluding hydrogens is 416 g/mol. The number of H-pyrrole nitrogens is 1. The Kier molecular flexibility index (Phi) is 5.46. The Morgan fingerprint density at radius 1 is 1.23 bits per heavy atom. The summed E-state index contributed by atoms with van der Waals surface area (Å²) in [6.07, 6.45) is 1.85. The molecule has 9 nitrogen and oxygen atoms in total. The molecule has 4 aromatic rings. The van der Waals surface area contributed by atoms with Crippen LogP contribution in [0.2, 0.25) is 0 Å². The number of nitrogens with zero attached hydrogens (tertiary/aromatic N) is 4. The Morgan fingerprint density at radius 3 is 2.84 bits per heavy atom. The van der Waals surface area contributed by atoms with Gasteiger partial charge >= 0.3 is 6.01 Å². The highest BCUT2D eigenvalue weighted by Crippen LogP contribution is 2.26. The maximum Gasteiger partial charge on any atom is 0.322 e. The molecule has 2 aromatic heterocycles. The monoisotopic (exact) mass is 436 g/mol. The molecule has 0 spiro atoms. The number of nitrogens with one attached hydrogen (secondary N) is 2. The molecule has 2 aromatic carbocycles. The van der Waals surface area contributed by atoms with Crippen LogP contribution in [0.4, 0.5) is 0 Å². The van der Waals surface area contributed by atoms with Crippen LogP contribution in [0.1, 0.15) is 31.3 Å². The molecule has 0 amide bonds. The van der Waals surface area contributed by atoms with Gasteiger partial charge in [0.15, 0.2) is 5.82 Å². The van der Waals surface area contributed by atoms with Crippen LogP contribution in [0, 0.1) is 11.3 Å². The summed E-state index contributed by atoms with van der Waals surface area (Å²) >= 11 is 0. The molecule has 31 heavy (non-hydrogen) atoms. The molecule has 0 bridgehead atoms. The molecule has 10 heteroatoms. The second kappa shape index (κ2) is 8.22. The zero-order valence-electron chi connectivity index (χ0n) is 16.9. The van der Waals surface area contributed by atoms with Gasteiger partial charge in [-0.2, -0.15) is 5.26 Å². The van der Waals surface area contributed by atoms with Crippen LogP contribution >= 0.6 is 0 Å². The zero-order chi connectivity index (χ0) is 22.0. The first kappa shape index (κ1) is 20.6. The summed E-state index contributed by atoms with van der Waals surface area (Å²) in [6.45, 7) is 4.06. The number of rotatable bonds is 7. The molecule has 4 rings (SSSR count). The first-order chi connectivity index (χ1) is 14.9. The minimum atomic E-state index is -3.86. The van der Waals surface area contributed by atoms with Gasteiger partial charge in [-0.15, -0.1) is 5.10 Å². The highest BCUT2D eigenvalue weighted by Gasteiger charge is 2.24. The van der Waals surface area contributed by atoms with Crippen LogP contribution in [0.25, 0.3) is 10.9 Å². The molecule has 0 radical (unpaired) electrons. The maximum absolute atomic E-state index is 12.8. The summed E-state index contributed by atoms with van der Waals surface area (Å²) < 4.78 is 35.7. The van der Waals surface area contributed by atoms with Crippen molar-refractivity contribution in [3.05, 3.63) is 66.1 Å². The number of aromatic amines is 1. The quantitative estimate of drug-likeness (QED) is 0.457. The topological polar surface area (TPSA) is 126 Å². The van der Waals surface area contributed by atoms with Gasteiger partial charge in [-0.25, -0.2) is 13.1 Å². The normalized spacial score (nSPS) is 12.5. The van der Waals surface area contributed by atoms with E-state index >= 15 is 0 Å². The molecular formula is C21H20N6O3S. The third-order valence-corrected chi connectivity index (χ3v) is 6.33. The molecule has 0 aliphatic rings. The standard InChI is InChI=1S/C21H20N6O3S/c1-3-27-20(14(2)26-31(28,29)18-6-4-5-15(11-18)13-22)24-25-21(27)30-17-8-7-16-9-10-23-19(16)12-17/h4-12,14,23,26H,3H2,1-2H3/t14-/m1/s1. The highest BCUT2D eigenvalue weighted by molar-refractivity contribution is 7.89. The minimum absolute atomic E-state index is 0.0108. The largest absolute Gasteiger partial charge is 0.424 e. The molecule has 0 saturated heterocycles. The molecule has 1 atom stereocenters. The van der Waals surface area contributed by atoms with E-state index in [2.05, 4.69) is 19.9 Å². The summed E-state index contributed by atoms with van der Waals surface area (Å²) in [4.78, 5) is 3.14. The van der Waals surface area contributed by atoms with Crippen LogP contribution < -0.4 is 9.46 Å². The number of benzene rings is 2. The van der Waals surface area contributed by atoms with Gasteiger partial charge in [-0.05, 0) is 55.6 Å². The van der Waals surface area contributed by atoms with Crippen LogP contribution in [0.5, 0.6) is 11.8 Å². The van der Waals surface area contributed by atoms with E-state index in [0.717, 1.165) is 10.9 Å². The van der Waals surface area contributed by atoms with Gasteiger partial charge in [-0.3, -0.25) is 4.57 Å². The van der Waals surface area contributed by atoms with Crippen molar-refractivity contribution in [2.24, 2.45) is 0 Å². The third-order valence-electron chi connectivity index (χ3n) is 4.79. The number of nitriles is 1. The number of hydrogen-bond donors (Lipinski definition) is 2. The summed E-state index contributed by atoms with van der Waals surface area (Å²) in [7, 11) is -3.86. The molecule has 0 aliphatic heterocycles. The fourth-order valence-corrected chi connectivity index (χ4v) is 4.52. The molecule has 0 aliphatic carbocycles. The average Bonchev–Trinajstić information content (AvgIpc) is 3.39. The van der Waals surface area contributed by atoms with Crippen molar-refractivity contribution in [3.8, 4) is 17.8 Å². The van der Waals surface area contributed by atoms with Crippen molar-refractivity contribution < 1.29 is 13.2 Å². The van der Waals surface area contributed by atoms with E-state index in [1.54, 1.807) is 17.6 Å². The summed E-state index contributed by atoms with van der Waals surface area (Å²) in [6, 6.07) is 15.0. The lowest BCUT2D eigenvalue weighted by molar-refractivity contribution is 0.408. The van der Waals surface area contributed by atoms with Gasteiger partial charge in [0.2, 0.25) is 10.0 Å². The van der Waals surface area contributed by atoms with Crippen molar-refractivity contribution in [2.75, 3.05) is 0 Å². The van der Waals surface area contributed by atoms with Gasteiger partial charge in [0, 0.05) is 24.3 Å². The third kappa shape index (κ3) is 4.14. The number of hydrogen-bond acceptors (Lipinski definition) is 6. The van der Waals surface area contributed by atoms with Gasteiger partial charge in [0.25, 0.3) is 0 Å². The molecule has 2 heterocycles. The van der Waals surface area contributed by atoms with Crippen molar-refractivity contribution in [1.82, 2.24) is 24.5 Å². The minimum Gasteiger partial charge on any atom is -0.424 e. The first-order valence-electron chi connectivity index (χ1n) is 9.62. The van der Waals surface area contributed by atoms with E-state index in [9.17, 15) is 8.42 Å². The second-order valence-electron chi connectivity index (χ2n) is 6.90. The lowest BCUT2D eigenvalue weighted by Crippen LogP contribution is -2.29. The van der Waals surface area contributed by atoms with Crippen molar-refractivity contribution in [2.45, 2.75) is 31.3 Å². The Labute approximate surface area is 179 Å². The lowest BCUT2D eigenvalue weighted by Gasteiger charge is -2.15. The lowest BCUT2D eigenvalue weighted by atomic mass is 10.2. The van der Waals surface area contributed by atoms with Crippen molar-refractivity contribution in [1.29, 1.82) is 5.26 Å². The highest BCUT2D eigenvalue weighted by atomic mass is 32.2. The van der Waals surface area contributed by atoms with E-state index < -0.39 is 16.1 Å². The molecule has 2 N–H and O–H groups in total. The van der Waals surface area contributed by atoms with Crippen LogP contribution in [0.15, 0.2) is 59.6 Å². The average molecular weight is 436 g/mol. The first-order valence-corrected chi connectivity index (χ1v) is 11.1. The predicted molar refractivity (Wildman–Crippen MR) is 114 cm³/mol. The SMILES string of the molecule is CCn1c(Oc2ccc3cc[nH]c3c2)nnc1[C@@H](C)NS(=O)(=O)c1cccc(C#N)c1. The van der Waals surface area contributed by atoms with Gasteiger partial charge in [0.1, 0.15) is 5.75 Å². The number of aromatic nitrogens is 4. The van der Waals surface area contributed by atoms with Gasteiger partial charge in [-0.1, -0.05) is 11.2 Å². The second-order valence-corrected chi connectivity index (χ2v) is 8.61. The Hall–Kier alpha value is -3.68. The van der Waals surface area contributed by atoms with E-state index in [4.69, 9.17) is 10.00 Å². The number of ether oxygens (including phenoxy) is 1. The predicted octanol–water partition coefficient (Wildman–Crippen LogP) is 3.48. The van der Waals surface area contributed by atoms with Crippen LogP contribution in [-0.2, 0) is 16.6 Å². The molecule has 158 valence electrons. The zero-order valence-corrected chi connectivity index (χ0v) is 17.7. The van der Waals surface area contributed by atoms with E-state index in [-0.39, 0.29) is 16.5 Å². The van der Waals surface area contributed by atoms with Gasteiger partial charge < -0.3 is 9.72 Å². The Balaban J connectivity index is 1.58. The number of fused-ring (bicyclic) bond motifs is 1. The van der Waals surface area contributed by atoms with Crippen LogP contribution in [0.3, 0.4) is 0 Å². The summed E-state index contributed by atoms with van der Waals surface area (Å²) in [5.74, 6) is 1.00. The fourth-order valence-electron chi connectivity index (χ4n) is 3.28. The van der Waals surface area contributed by atoms with E-state index in [1.807, 2.05) is 43.5 Å². The summed E-state index contributed by atoms with van der Waals surface area (Å²) in [5.41, 5.74) is 1.20. The Morgan fingerprint density at radius 2 is 2.06 bits per heavy atom. The van der Waals surface area contributed by atoms with Gasteiger partial charge in [0.05, 0.1) is 22.6 Å². The Bertz CT molecular complexity index is 1380. The van der Waals surface area contributed by atoms with E-state index in [0.29, 0.717) is 18.1 Å². The molecule has 0 saturated carbocycles. The number of sulfonamides is 1. The van der Waals surface area contributed by atoms with Crippen molar-refractivity contribution >= 4 is 20.9 Å². The summed E-state index contributed by atoms with van der Waals surface area (Å²) in [5, 5.41) is 18.3. The van der Waals surface area contributed by atoms with Crippen LogP contribution in [-0.4, -0.2) is 28.2 Å². The maximum atomic E-state index is 12.8. The smallest absolute Gasteiger partial charge is 0.322 e. The van der Waals surface area contributed by atoms with E-state index in [1.165, 1.54) is 18.2 Å². The van der Waals surface area contributed by atoms with Crippen molar-refractivity contribution in [3.63, 3.8) is 0 Å². The molecule has 0 fully saturated rings. The fraction of sp³-hybridized carbons (Fsp3) is 0.190. The molecule has 0 unspecified atom stereocenters.